The molecule has 120 valence electrons. The monoisotopic (exact) mass is 285 g/mol. The van der Waals surface area contributed by atoms with Crippen molar-refractivity contribution in [2.24, 2.45) is 11.7 Å². The van der Waals surface area contributed by atoms with E-state index in [1.54, 1.807) is 0 Å². The number of nitrogens with zero attached hydrogens (tertiary/aromatic N) is 1. The summed E-state index contributed by atoms with van der Waals surface area (Å²) in [4.78, 5) is 14.1. The first-order valence-corrected chi connectivity index (χ1v) is 8.20. The van der Waals surface area contributed by atoms with Crippen LogP contribution in [0.25, 0.3) is 0 Å². The molecule has 0 heterocycles. The summed E-state index contributed by atoms with van der Waals surface area (Å²) >= 11 is 0. The third-order valence-corrected chi connectivity index (χ3v) is 4.38. The molecule has 0 saturated carbocycles. The summed E-state index contributed by atoms with van der Waals surface area (Å²) in [5.74, 6) is 0.536. The van der Waals surface area contributed by atoms with Crippen molar-refractivity contribution in [3.8, 4) is 0 Å². The second-order valence-electron chi connectivity index (χ2n) is 5.91. The number of rotatable bonds is 12. The average molecular weight is 285 g/mol. The number of likely N-dealkylation sites (N-methyl/N-ethyl adjacent to an activating group) is 1. The summed E-state index contributed by atoms with van der Waals surface area (Å²) in [5.41, 5.74) is 4.95. The maximum Gasteiger partial charge on any atom is 0.237 e. The van der Waals surface area contributed by atoms with Crippen LogP contribution in [0.4, 0.5) is 0 Å². The normalized spacial score (nSPS) is 14.8. The Kier molecular flexibility index (Phi) is 9.86. The molecule has 0 aromatic heterocycles. The SMILES string of the molecule is CCNC(C)(CCCN(CC)CC(CC)CC)C(N)=O. The van der Waals surface area contributed by atoms with Crippen LogP contribution in [0.3, 0.4) is 0 Å². The molecular formula is C16H35N3O. The number of nitrogens with two attached hydrogens (primary N) is 1. The van der Waals surface area contributed by atoms with Crippen molar-refractivity contribution < 1.29 is 4.79 Å². The van der Waals surface area contributed by atoms with E-state index < -0.39 is 5.54 Å². The molecule has 4 nitrogen and oxygen atoms in total. The lowest BCUT2D eigenvalue weighted by Crippen LogP contribution is -2.53. The minimum Gasteiger partial charge on any atom is -0.368 e. The Balaban J connectivity index is 4.26. The van der Waals surface area contributed by atoms with Crippen LogP contribution in [-0.4, -0.2) is 42.5 Å². The molecule has 0 bridgehead atoms. The summed E-state index contributed by atoms with van der Waals surface area (Å²) in [5, 5.41) is 3.22. The summed E-state index contributed by atoms with van der Waals surface area (Å²) in [6, 6.07) is 0. The van der Waals surface area contributed by atoms with Crippen LogP contribution in [0.5, 0.6) is 0 Å². The number of carbonyl (C=O) groups is 1. The molecule has 0 spiro atoms. The average Bonchev–Trinajstić information content (AvgIpc) is 2.42. The molecule has 0 aliphatic rings. The van der Waals surface area contributed by atoms with Crippen molar-refractivity contribution in [1.82, 2.24) is 10.2 Å². The van der Waals surface area contributed by atoms with Gasteiger partial charge in [0.05, 0.1) is 5.54 Å². The summed E-state index contributed by atoms with van der Waals surface area (Å²) < 4.78 is 0. The molecule has 0 aromatic carbocycles. The lowest BCUT2D eigenvalue weighted by atomic mass is 9.94. The molecule has 0 rings (SSSR count). The van der Waals surface area contributed by atoms with Gasteiger partial charge in [0.2, 0.25) is 5.91 Å². The van der Waals surface area contributed by atoms with E-state index in [2.05, 4.69) is 31.0 Å². The molecule has 0 radical (unpaired) electrons. The van der Waals surface area contributed by atoms with Gasteiger partial charge in [-0.2, -0.15) is 0 Å². The fraction of sp³-hybridized carbons (Fsp3) is 0.938. The minimum atomic E-state index is -0.566. The topological polar surface area (TPSA) is 58.4 Å². The predicted octanol–water partition coefficient (Wildman–Crippen LogP) is 2.38. The Labute approximate surface area is 125 Å². The van der Waals surface area contributed by atoms with Gasteiger partial charge in [0.15, 0.2) is 0 Å². The number of hydrogen-bond acceptors (Lipinski definition) is 3. The van der Waals surface area contributed by atoms with E-state index in [0.29, 0.717) is 0 Å². The van der Waals surface area contributed by atoms with E-state index in [1.807, 2.05) is 13.8 Å². The van der Waals surface area contributed by atoms with Gasteiger partial charge in [-0.3, -0.25) is 4.79 Å². The lowest BCUT2D eigenvalue weighted by Gasteiger charge is -2.29. The Bertz CT molecular complexity index is 266. The maximum atomic E-state index is 11.6. The van der Waals surface area contributed by atoms with E-state index in [1.165, 1.54) is 12.8 Å². The van der Waals surface area contributed by atoms with E-state index in [-0.39, 0.29) is 5.91 Å². The highest BCUT2D eigenvalue weighted by Gasteiger charge is 2.29. The molecule has 0 saturated heterocycles. The van der Waals surface area contributed by atoms with Crippen LogP contribution < -0.4 is 11.1 Å². The van der Waals surface area contributed by atoms with Crippen molar-refractivity contribution in [3.05, 3.63) is 0 Å². The van der Waals surface area contributed by atoms with Gasteiger partial charge in [-0.1, -0.05) is 40.5 Å². The molecule has 1 atom stereocenters. The zero-order chi connectivity index (χ0) is 15.6. The van der Waals surface area contributed by atoms with Gasteiger partial charge in [-0.05, 0) is 45.3 Å². The molecule has 0 fully saturated rings. The van der Waals surface area contributed by atoms with Crippen molar-refractivity contribution >= 4 is 5.91 Å². The second-order valence-corrected chi connectivity index (χ2v) is 5.91. The van der Waals surface area contributed by atoms with Gasteiger partial charge in [0.25, 0.3) is 0 Å². The van der Waals surface area contributed by atoms with Gasteiger partial charge in [0.1, 0.15) is 0 Å². The van der Waals surface area contributed by atoms with Gasteiger partial charge in [0, 0.05) is 6.54 Å². The molecule has 1 amide bonds. The van der Waals surface area contributed by atoms with Crippen LogP contribution in [0.15, 0.2) is 0 Å². The van der Waals surface area contributed by atoms with Crippen LogP contribution >= 0.6 is 0 Å². The van der Waals surface area contributed by atoms with Crippen LogP contribution in [-0.2, 0) is 4.79 Å². The lowest BCUT2D eigenvalue weighted by molar-refractivity contribution is -0.124. The van der Waals surface area contributed by atoms with Crippen LogP contribution in [0.1, 0.15) is 60.3 Å². The van der Waals surface area contributed by atoms with Crippen molar-refractivity contribution in [3.63, 3.8) is 0 Å². The summed E-state index contributed by atoms with van der Waals surface area (Å²) in [6.07, 6.45) is 4.28. The quantitative estimate of drug-likeness (QED) is 0.579. The number of primary amides is 1. The van der Waals surface area contributed by atoms with Gasteiger partial charge >= 0.3 is 0 Å². The largest absolute Gasteiger partial charge is 0.368 e. The number of hydrogen-bond donors (Lipinski definition) is 2. The number of carbonyl (C=O) groups excluding carboxylic acids is 1. The smallest absolute Gasteiger partial charge is 0.237 e. The van der Waals surface area contributed by atoms with E-state index in [9.17, 15) is 4.79 Å². The molecule has 3 N–H and O–H groups in total. The Hall–Kier alpha value is -0.610. The molecule has 0 aromatic rings. The highest BCUT2D eigenvalue weighted by atomic mass is 16.1. The fourth-order valence-electron chi connectivity index (χ4n) is 2.64. The first-order valence-electron chi connectivity index (χ1n) is 8.20. The van der Waals surface area contributed by atoms with Crippen molar-refractivity contribution in [1.29, 1.82) is 0 Å². The third kappa shape index (κ3) is 6.71. The third-order valence-electron chi connectivity index (χ3n) is 4.38. The molecule has 0 aliphatic carbocycles. The van der Waals surface area contributed by atoms with Crippen LogP contribution in [0.2, 0.25) is 0 Å². The van der Waals surface area contributed by atoms with Gasteiger partial charge in [-0.25, -0.2) is 0 Å². The Morgan fingerprint density at radius 2 is 1.85 bits per heavy atom. The molecular weight excluding hydrogens is 250 g/mol. The highest BCUT2D eigenvalue weighted by molar-refractivity contribution is 5.84. The first kappa shape index (κ1) is 19.4. The van der Waals surface area contributed by atoms with Crippen molar-refractivity contribution in [2.75, 3.05) is 26.2 Å². The standard InChI is InChI=1S/C16H35N3O/c1-6-14(7-2)13-19(9-4)12-10-11-16(5,15(17)20)18-8-3/h14,18H,6-13H2,1-5H3,(H2,17,20). The second kappa shape index (κ2) is 10.2. The van der Waals surface area contributed by atoms with E-state index >= 15 is 0 Å². The van der Waals surface area contributed by atoms with Gasteiger partial charge in [-0.15, -0.1) is 0 Å². The molecule has 4 heteroatoms. The van der Waals surface area contributed by atoms with E-state index in [0.717, 1.165) is 44.9 Å². The molecule has 1 unspecified atom stereocenters. The zero-order valence-corrected chi connectivity index (χ0v) is 14.2. The summed E-state index contributed by atoms with van der Waals surface area (Å²) in [7, 11) is 0. The summed E-state index contributed by atoms with van der Waals surface area (Å²) in [6.45, 7) is 14.7. The van der Waals surface area contributed by atoms with Crippen LogP contribution in [0, 0.1) is 5.92 Å². The number of nitrogens with one attached hydrogen (secondary N) is 1. The van der Waals surface area contributed by atoms with Gasteiger partial charge < -0.3 is 16.0 Å². The first-order chi connectivity index (χ1) is 9.43. The molecule has 20 heavy (non-hydrogen) atoms. The van der Waals surface area contributed by atoms with E-state index in [4.69, 9.17) is 5.73 Å². The maximum absolute atomic E-state index is 11.6. The number of amides is 1. The zero-order valence-electron chi connectivity index (χ0n) is 14.2. The highest BCUT2D eigenvalue weighted by Crippen LogP contribution is 2.14. The molecule has 0 aliphatic heterocycles. The Morgan fingerprint density at radius 3 is 2.25 bits per heavy atom. The fourth-order valence-corrected chi connectivity index (χ4v) is 2.64. The van der Waals surface area contributed by atoms with Crippen molar-refractivity contribution in [2.45, 2.75) is 65.8 Å². The predicted molar refractivity (Wildman–Crippen MR) is 86.7 cm³/mol. The minimum absolute atomic E-state index is 0.248. The Morgan fingerprint density at radius 1 is 1.25 bits per heavy atom.